The molecule has 1 radical (unpaired) electrons. The van der Waals surface area contributed by atoms with Gasteiger partial charge in [-0.2, -0.15) is 0 Å². The molecular weight excluding hydrogens is 835 g/mol. The smallest absolute Gasteiger partial charge is 0 e. The Labute approximate surface area is 145 Å². The third-order valence-corrected chi connectivity index (χ3v) is 0. The fourth-order valence-corrected chi connectivity index (χ4v) is 0. The molecule has 0 rings (SSSR count). The Morgan fingerprint density at radius 2 is 1.00 bits per heavy atom. The quantitative estimate of drug-likeness (QED) is 0.214. The van der Waals surface area contributed by atoms with Crippen LogP contribution in [0, 0.1) is 0 Å². The zero-order valence-corrected chi connectivity index (χ0v) is 20.8. The molecule has 6 heteroatoms. The van der Waals surface area contributed by atoms with Gasteiger partial charge >= 0.3 is 94.1 Å². The van der Waals surface area contributed by atoms with Gasteiger partial charge in [0.1, 0.15) is 0 Å². The standard InChI is InChI=1S/Bi.Cd.GeH4.In.Sb.Tl.9H/h;;1H4;;;;;;;;;;;;. The van der Waals surface area contributed by atoms with Gasteiger partial charge in [-0.05, 0) is 0 Å². The first-order valence-electron chi connectivity index (χ1n) is 0. The summed E-state index contributed by atoms with van der Waals surface area (Å²) < 4.78 is 0. The van der Waals surface area contributed by atoms with Crippen molar-refractivity contribution >= 4 is 121 Å². The average molecular weight is 848 g/mol. The minimum Gasteiger partial charge on any atom is 0 e. The first kappa shape index (κ1) is 44.2. The van der Waals surface area contributed by atoms with E-state index in [-0.39, 0.29) is 149 Å². The van der Waals surface area contributed by atoms with Gasteiger partial charge in [-0.15, -0.1) is 0 Å². The van der Waals surface area contributed by atoms with Crippen LogP contribution in [-0.2, 0) is 27.3 Å². The summed E-state index contributed by atoms with van der Waals surface area (Å²) in [6, 6.07) is 0. The van der Waals surface area contributed by atoms with Gasteiger partial charge in [-0.3, -0.25) is 0 Å². The van der Waals surface area contributed by atoms with Crippen LogP contribution < -0.4 is 0 Å². The van der Waals surface area contributed by atoms with Crippen LogP contribution in [0.4, 0.5) is 0 Å². The van der Waals surface area contributed by atoms with E-state index in [4.69, 9.17) is 0 Å². The van der Waals surface area contributed by atoms with Gasteiger partial charge in [0.2, 0.25) is 0 Å². The van der Waals surface area contributed by atoms with E-state index in [9.17, 15) is 0 Å². The average Bonchev–Trinajstić information content (AvgIpc) is 0. The van der Waals surface area contributed by atoms with Gasteiger partial charge in [0, 0.05) is 54.6 Å². The van der Waals surface area contributed by atoms with Gasteiger partial charge in [-0.25, -0.2) is 0 Å². The fourth-order valence-electron chi connectivity index (χ4n) is 0. The summed E-state index contributed by atoms with van der Waals surface area (Å²) in [4.78, 5) is 0. The predicted octanol–water partition coefficient (Wildman–Crippen LogP) is -5.39. The Hall–Kier alpha value is 4.96. The molecule has 0 amide bonds. The number of hydrogen-bond acceptors (Lipinski definition) is 0. The van der Waals surface area contributed by atoms with E-state index in [1.165, 1.54) is 0 Å². The van der Waals surface area contributed by atoms with Crippen molar-refractivity contribution in [3.63, 3.8) is 0 Å². The molecule has 0 heterocycles. The molecule has 0 aliphatic carbocycles. The molecule has 0 aliphatic rings. The van der Waals surface area contributed by atoms with Crippen LogP contribution in [0.15, 0.2) is 0 Å². The first-order valence-corrected chi connectivity index (χ1v) is 0. The Kier molecular flexibility index (Phi) is 239. The second-order valence-electron chi connectivity index (χ2n) is 0. The molecule has 0 spiro atoms. The minimum absolute atomic E-state index is 0. The van der Waals surface area contributed by atoms with Crippen molar-refractivity contribution < 1.29 is 27.3 Å². The van der Waals surface area contributed by atoms with Crippen molar-refractivity contribution in [2.45, 2.75) is 0 Å². The van der Waals surface area contributed by atoms with Gasteiger partial charge < -0.3 is 0 Å². The van der Waals surface area contributed by atoms with E-state index >= 15 is 0 Å². The van der Waals surface area contributed by atoms with Crippen LogP contribution >= 0.6 is 0 Å². The van der Waals surface area contributed by atoms with Crippen molar-refractivity contribution in [3.05, 3.63) is 0 Å². The summed E-state index contributed by atoms with van der Waals surface area (Å²) in [5, 5.41) is 0. The summed E-state index contributed by atoms with van der Waals surface area (Å²) >= 11 is 0. The zero-order chi connectivity index (χ0) is 0. The SMILES string of the molecule is [BiH3].[Cd].[GeH4].[InH3].[SbH3].[Tl]. The predicted molar refractivity (Wildman–Crippen MR) is 46.9 cm³/mol. The molecule has 0 unspecified atom stereocenters. The molecule has 0 atom stereocenters. The maximum atomic E-state index is 0. The number of hydrogen-bond donors (Lipinski definition) is 0. The molecule has 0 aromatic rings. The third kappa shape index (κ3) is 23.1. The maximum Gasteiger partial charge on any atom is 0 e. The minimum atomic E-state index is 0. The molecule has 0 aromatic heterocycles. The fraction of sp³-hybridized carbons (Fsp3) is 0. The maximum absolute atomic E-state index is 0. The van der Waals surface area contributed by atoms with E-state index in [2.05, 4.69) is 0 Å². The molecule has 0 bridgehead atoms. The monoisotopic (exact) mass is 851 g/mol. The Bertz CT molecular complexity index is 15.5. The van der Waals surface area contributed by atoms with Crippen molar-refractivity contribution in [3.8, 4) is 0 Å². The molecule has 0 aromatic carbocycles. The Balaban J connectivity index is 0. The Morgan fingerprint density at radius 3 is 1.00 bits per heavy atom. The van der Waals surface area contributed by atoms with Gasteiger partial charge in [0.25, 0.3) is 0 Å². The summed E-state index contributed by atoms with van der Waals surface area (Å²) in [5.74, 6) is 0. The van der Waals surface area contributed by atoms with Crippen LogP contribution in [0.25, 0.3) is 0 Å². The van der Waals surface area contributed by atoms with Crippen LogP contribution in [0.1, 0.15) is 0 Å². The van der Waals surface area contributed by atoms with Gasteiger partial charge in [0.15, 0.2) is 0 Å². The third-order valence-electron chi connectivity index (χ3n) is 0. The van der Waals surface area contributed by atoms with Crippen LogP contribution in [0.5, 0.6) is 0 Å². The van der Waals surface area contributed by atoms with Crippen LogP contribution in [0.3, 0.4) is 0 Å². The molecule has 0 N–H and O–H groups in total. The van der Waals surface area contributed by atoms with E-state index in [1.54, 1.807) is 0 Å². The van der Waals surface area contributed by atoms with Gasteiger partial charge in [-0.1, -0.05) is 0 Å². The topological polar surface area (TPSA) is 0 Å². The molecule has 0 saturated carbocycles. The zero-order valence-electron chi connectivity index (χ0n) is 2.70. The van der Waals surface area contributed by atoms with Gasteiger partial charge in [0.05, 0.1) is 0 Å². The number of rotatable bonds is 0. The van der Waals surface area contributed by atoms with E-state index in [0.29, 0.717) is 0 Å². The van der Waals surface area contributed by atoms with Crippen molar-refractivity contribution in [1.82, 2.24) is 0 Å². The molecule has 0 nitrogen and oxygen atoms in total. The largest absolute Gasteiger partial charge is 0 e. The second kappa shape index (κ2) is 32.5. The Morgan fingerprint density at radius 1 is 1.00 bits per heavy atom. The van der Waals surface area contributed by atoms with E-state index in [0.717, 1.165) is 0 Å². The van der Waals surface area contributed by atoms with Crippen LogP contribution in [0.2, 0.25) is 0 Å². The first-order chi connectivity index (χ1) is 0. The van der Waals surface area contributed by atoms with Crippen molar-refractivity contribution in [1.29, 1.82) is 0 Å². The normalized spacial score (nSPS) is 0. The molecule has 6 heavy (non-hydrogen) atoms. The summed E-state index contributed by atoms with van der Waals surface area (Å²) in [6.07, 6.45) is 0. The molecule has 0 aliphatic heterocycles. The van der Waals surface area contributed by atoms with Crippen molar-refractivity contribution in [2.75, 3.05) is 0 Å². The molecule has 35 valence electrons. The second-order valence-corrected chi connectivity index (χ2v) is 0. The molecule has 0 fully saturated rings. The van der Waals surface area contributed by atoms with Crippen LogP contribution in [-0.4, -0.2) is 121 Å². The summed E-state index contributed by atoms with van der Waals surface area (Å²) in [7, 11) is 0. The van der Waals surface area contributed by atoms with E-state index < -0.39 is 0 Å². The van der Waals surface area contributed by atoms with E-state index in [1.807, 2.05) is 0 Å². The molecular formula is H13BiCdGeInSbTl. The summed E-state index contributed by atoms with van der Waals surface area (Å²) in [5.41, 5.74) is 0. The molecule has 0 saturated heterocycles. The summed E-state index contributed by atoms with van der Waals surface area (Å²) in [6.45, 7) is 0. The van der Waals surface area contributed by atoms with Crippen molar-refractivity contribution in [2.24, 2.45) is 0 Å².